The number of benzene rings is 2. The van der Waals surface area contributed by atoms with Gasteiger partial charge in [-0.15, -0.1) is 0 Å². The third-order valence-corrected chi connectivity index (χ3v) is 8.27. The molecule has 1 aliphatic heterocycles. The van der Waals surface area contributed by atoms with Gasteiger partial charge in [-0.1, -0.05) is 17.7 Å². The van der Waals surface area contributed by atoms with E-state index < -0.39 is 29.8 Å². The molecular weight excluding hydrogens is 557 g/mol. The molecule has 3 aromatic rings. The number of aryl methyl sites for hydroxylation is 1. The molecule has 2 aromatic carbocycles. The fraction of sp³-hybridized carbons (Fsp3) is 0.367. The molecule has 216 valence electrons. The van der Waals surface area contributed by atoms with Gasteiger partial charge in [0.05, 0.1) is 22.9 Å². The number of urea groups is 1. The number of rotatable bonds is 5. The first kappa shape index (κ1) is 28.7. The standard InChI is InChI=1S/C30H30ClF3N4O3/c1-36(27-8-7-21(31)18-25(27)30(32,33)34)29(41)38(23-11-15-37(16-12-23)22-9-13-35-14-10-22)26-4-2-3-19-5-6-20(28(39)40)17-24(19)26/h5-10,13-14,17-18,23,26H,2-4,11-12,15-16H2,1H3,(H,39,40). The maximum atomic E-state index is 14.3. The quantitative estimate of drug-likeness (QED) is 0.346. The van der Waals surface area contributed by atoms with Crippen LogP contribution in [0.2, 0.25) is 5.02 Å². The predicted molar refractivity (Wildman–Crippen MR) is 151 cm³/mol. The van der Waals surface area contributed by atoms with Crippen molar-refractivity contribution in [2.24, 2.45) is 0 Å². The van der Waals surface area contributed by atoms with E-state index in [0.29, 0.717) is 32.4 Å². The molecule has 0 saturated carbocycles. The predicted octanol–water partition coefficient (Wildman–Crippen LogP) is 7.06. The van der Waals surface area contributed by atoms with Crippen molar-refractivity contribution in [3.63, 3.8) is 0 Å². The Bertz CT molecular complexity index is 1430. The van der Waals surface area contributed by atoms with Crippen LogP contribution in [0.1, 0.15) is 58.8 Å². The number of carbonyl (C=O) groups excluding carboxylic acids is 1. The lowest BCUT2D eigenvalue weighted by atomic mass is 9.84. The minimum absolute atomic E-state index is 0.0790. The Morgan fingerprint density at radius 1 is 1.02 bits per heavy atom. The van der Waals surface area contributed by atoms with Crippen molar-refractivity contribution in [2.75, 3.05) is 29.9 Å². The van der Waals surface area contributed by atoms with Gasteiger partial charge in [0.2, 0.25) is 0 Å². The van der Waals surface area contributed by atoms with E-state index in [1.807, 2.05) is 12.1 Å². The molecule has 2 aliphatic rings. The van der Waals surface area contributed by atoms with Crippen LogP contribution in [0.15, 0.2) is 60.9 Å². The minimum atomic E-state index is -4.72. The van der Waals surface area contributed by atoms with E-state index in [2.05, 4.69) is 9.88 Å². The largest absolute Gasteiger partial charge is 0.478 e. The molecule has 2 heterocycles. The van der Waals surface area contributed by atoms with E-state index in [1.165, 1.54) is 19.2 Å². The van der Waals surface area contributed by atoms with Crippen molar-refractivity contribution in [3.05, 3.63) is 88.2 Å². The third-order valence-electron chi connectivity index (χ3n) is 8.03. The number of aromatic nitrogens is 1. The summed E-state index contributed by atoms with van der Waals surface area (Å²) < 4.78 is 42.0. The molecule has 2 amide bonds. The molecule has 41 heavy (non-hydrogen) atoms. The van der Waals surface area contributed by atoms with Crippen LogP contribution in [0.25, 0.3) is 0 Å². The zero-order valence-corrected chi connectivity index (χ0v) is 23.2. The smallest absolute Gasteiger partial charge is 0.418 e. The van der Waals surface area contributed by atoms with Crippen LogP contribution >= 0.6 is 11.6 Å². The molecule has 7 nitrogen and oxygen atoms in total. The number of hydrogen-bond donors (Lipinski definition) is 1. The Morgan fingerprint density at radius 2 is 1.73 bits per heavy atom. The summed E-state index contributed by atoms with van der Waals surface area (Å²) in [4.78, 5) is 35.1. The lowest BCUT2D eigenvalue weighted by molar-refractivity contribution is -0.137. The van der Waals surface area contributed by atoms with Crippen molar-refractivity contribution in [1.82, 2.24) is 9.88 Å². The first-order valence-electron chi connectivity index (χ1n) is 13.5. The van der Waals surface area contributed by atoms with Gasteiger partial charge in [0.1, 0.15) is 0 Å². The molecule has 1 atom stereocenters. The van der Waals surface area contributed by atoms with E-state index in [0.717, 1.165) is 40.6 Å². The Labute approximate surface area is 241 Å². The summed E-state index contributed by atoms with van der Waals surface area (Å²) in [7, 11) is 1.34. The first-order valence-corrected chi connectivity index (χ1v) is 13.9. The summed E-state index contributed by atoms with van der Waals surface area (Å²) in [5.74, 6) is -1.08. The van der Waals surface area contributed by atoms with Gasteiger partial charge in [0.15, 0.2) is 0 Å². The lowest BCUT2D eigenvalue weighted by Crippen LogP contribution is -2.53. The van der Waals surface area contributed by atoms with Crippen LogP contribution in [0.4, 0.5) is 29.3 Å². The SMILES string of the molecule is CN(C(=O)N(C1CCN(c2ccncc2)CC1)C1CCCc2ccc(C(=O)O)cc21)c1ccc(Cl)cc1C(F)(F)F. The molecule has 1 N–H and O–H groups in total. The van der Waals surface area contributed by atoms with E-state index in [4.69, 9.17) is 11.6 Å². The second-order valence-corrected chi connectivity index (χ2v) is 10.9. The number of carboxylic acids is 1. The second kappa shape index (κ2) is 11.6. The number of anilines is 2. The summed E-state index contributed by atoms with van der Waals surface area (Å²) >= 11 is 5.90. The summed E-state index contributed by atoms with van der Waals surface area (Å²) in [5, 5.41) is 9.58. The number of amides is 2. The molecule has 1 fully saturated rings. The molecule has 1 unspecified atom stereocenters. The number of fused-ring (bicyclic) bond motifs is 1. The Hall–Kier alpha value is -3.79. The molecule has 1 saturated heterocycles. The zero-order valence-electron chi connectivity index (χ0n) is 22.4. The Balaban J connectivity index is 1.53. The van der Waals surface area contributed by atoms with Crippen molar-refractivity contribution < 1.29 is 27.9 Å². The highest BCUT2D eigenvalue weighted by Crippen LogP contribution is 2.42. The van der Waals surface area contributed by atoms with Gasteiger partial charge in [-0.05, 0) is 85.7 Å². The summed E-state index contributed by atoms with van der Waals surface area (Å²) in [6.45, 7) is 1.29. The Kier molecular flexibility index (Phi) is 8.13. The topological polar surface area (TPSA) is 77.0 Å². The van der Waals surface area contributed by atoms with Crippen LogP contribution in [0.3, 0.4) is 0 Å². The third kappa shape index (κ3) is 5.98. The highest BCUT2D eigenvalue weighted by molar-refractivity contribution is 6.30. The fourth-order valence-electron chi connectivity index (χ4n) is 6.00. The van der Waals surface area contributed by atoms with Gasteiger partial charge in [-0.25, -0.2) is 9.59 Å². The zero-order chi connectivity index (χ0) is 29.3. The summed E-state index contributed by atoms with van der Waals surface area (Å²) in [5.41, 5.74) is 1.52. The Morgan fingerprint density at radius 3 is 2.39 bits per heavy atom. The number of hydrogen-bond acceptors (Lipinski definition) is 4. The van der Waals surface area contributed by atoms with Gasteiger partial charge in [-0.2, -0.15) is 13.2 Å². The summed E-state index contributed by atoms with van der Waals surface area (Å²) in [6, 6.07) is 10.8. The number of alkyl halides is 3. The molecular formula is C30H30ClF3N4O3. The second-order valence-electron chi connectivity index (χ2n) is 10.5. The maximum absolute atomic E-state index is 14.3. The number of carboxylic acid groups (broad SMARTS) is 1. The van der Waals surface area contributed by atoms with Gasteiger partial charge >= 0.3 is 18.2 Å². The van der Waals surface area contributed by atoms with E-state index >= 15 is 0 Å². The minimum Gasteiger partial charge on any atom is -0.478 e. The summed E-state index contributed by atoms with van der Waals surface area (Å²) in [6.07, 6.45) is 1.99. The van der Waals surface area contributed by atoms with Crippen molar-refractivity contribution in [2.45, 2.75) is 50.4 Å². The van der Waals surface area contributed by atoms with Gasteiger partial charge in [0.25, 0.3) is 0 Å². The van der Waals surface area contributed by atoms with Gasteiger partial charge in [0, 0.05) is 49.3 Å². The average molecular weight is 587 g/mol. The molecule has 11 heteroatoms. The molecule has 5 rings (SSSR count). The van der Waals surface area contributed by atoms with Crippen LogP contribution in [-0.4, -0.2) is 53.2 Å². The van der Waals surface area contributed by atoms with E-state index in [1.54, 1.807) is 35.5 Å². The lowest BCUT2D eigenvalue weighted by Gasteiger charge is -2.46. The molecule has 1 aliphatic carbocycles. The number of nitrogens with zero attached hydrogens (tertiary/aromatic N) is 4. The number of carbonyl (C=O) groups is 2. The molecule has 0 spiro atoms. The molecule has 1 aromatic heterocycles. The monoisotopic (exact) mass is 586 g/mol. The van der Waals surface area contributed by atoms with Crippen molar-refractivity contribution in [1.29, 1.82) is 0 Å². The highest BCUT2D eigenvalue weighted by atomic mass is 35.5. The van der Waals surface area contributed by atoms with Crippen LogP contribution < -0.4 is 9.80 Å². The molecule has 0 bridgehead atoms. The van der Waals surface area contributed by atoms with Crippen LogP contribution in [0.5, 0.6) is 0 Å². The normalized spacial score (nSPS) is 17.6. The highest BCUT2D eigenvalue weighted by Gasteiger charge is 2.41. The number of halogens is 4. The average Bonchev–Trinajstić information content (AvgIpc) is 2.97. The van der Waals surface area contributed by atoms with E-state index in [-0.39, 0.29) is 22.3 Å². The van der Waals surface area contributed by atoms with Crippen LogP contribution in [-0.2, 0) is 12.6 Å². The maximum Gasteiger partial charge on any atom is 0.418 e. The van der Waals surface area contributed by atoms with E-state index in [9.17, 15) is 27.9 Å². The number of pyridine rings is 1. The van der Waals surface area contributed by atoms with Gasteiger partial charge in [-0.3, -0.25) is 9.88 Å². The molecule has 0 radical (unpaired) electrons. The first-order chi connectivity index (χ1) is 19.5. The van der Waals surface area contributed by atoms with Crippen molar-refractivity contribution in [3.8, 4) is 0 Å². The van der Waals surface area contributed by atoms with Crippen molar-refractivity contribution >= 4 is 35.0 Å². The fourth-order valence-corrected chi connectivity index (χ4v) is 6.17. The van der Waals surface area contributed by atoms with Crippen LogP contribution in [0, 0.1) is 0 Å². The number of piperidine rings is 1. The number of aromatic carboxylic acids is 1. The van der Waals surface area contributed by atoms with Gasteiger partial charge < -0.3 is 14.9 Å².